The summed E-state index contributed by atoms with van der Waals surface area (Å²) in [4.78, 5) is 13.4. The molecule has 0 spiro atoms. The highest BCUT2D eigenvalue weighted by Gasteiger charge is 2.41. The average Bonchev–Trinajstić information content (AvgIpc) is 3.24. The quantitative estimate of drug-likeness (QED) is 0.678. The van der Waals surface area contributed by atoms with Crippen LogP contribution in [0.15, 0.2) is 48.5 Å². The minimum atomic E-state index is -0.410. The number of amides is 1. The van der Waals surface area contributed by atoms with Crippen LogP contribution in [0.4, 0.5) is 5.69 Å². The van der Waals surface area contributed by atoms with Crippen molar-refractivity contribution < 1.29 is 9.53 Å². The summed E-state index contributed by atoms with van der Waals surface area (Å²) in [5, 5.41) is 3.22. The van der Waals surface area contributed by atoms with Crippen LogP contribution in [0.1, 0.15) is 68.9 Å². The van der Waals surface area contributed by atoms with Crippen molar-refractivity contribution in [3.63, 3.8) is 0 Å². The zero-order valence-electron chi connectivity index (χ0n) is 16.9. The van der Waals surface area contributed by atoms with Crippen molar-refractivity contribution in [2.45, 2.75) is 76.2 Å². The van der Waals surface area contributed by atoms with Crippen molar-refractivity contribution >= 4 is 11.6 Å². The standard InChI is InChI=1S/C25H31NO2/c1-19-18-21(14-15-23(19)28-22-12-6-7-13-22)26-24(27)25(16-8-3-9-17-25)20-10-4-2-5-11-20/h2,4-5,10-11,14-15,18,22H,3,6-9,12-13,16-17H2,1H3,(H,26,27). The molecule has 28 heavy (non-hydrogen) atoms. The van der Waals surface area contributed by atoms with Crippen LogP contribution in [0.2, 0.25) is 0 Å². The summed E-state index contributed by atoms with van der Waals surface area (Å²) in [6, 6.07) is 16.4. The molecule has 0 unspecified atom stereocenters. The van der Waals surface area contributed by atoms with Gasteiger partial charge in [-0.05, 0) is 74.8 Å². The molecule has 0 atom stereocenters. The van der Waals surface area contributed by atoms with E-state index in [1.54, 1.807) is 0 Å². The van der Waals surface area contributed by atoms with Gasteiger partial charge < -0.3 is 10.1 Å². The molecule has 2 saturated carbocycles. The summed E-state index contributed by atoms with van der Waals surface area (Å²) >= 11 is 0. The van der Waals surface area contributed by atoms with E-state index < -0.39 is 5.41 Å². The third kappa shape index (κ3) is 3.94. The first-order valence-electron chi connectivity index (χ1n) is 10.8. The maximum Gasteiger partial charge on any atom is 0.235 e. The lowest BCUT2D eigenvalue weighted by molar-refractivity contribution is -0.122. The molecule has 0 aromatic heterocycles. The van der Waals surface area contributed by atoms with E-state index in [0.29, 0.717) is 6.10 Å². The van der Waals surface area contributed by atoms with Gasteiger partial charge in [0.05, 0.1) is 11.5 Å². The Morgan fingerprint density at radius 3 is 2.36 bits per heavy atom. The van der Waals surface area contributed by atoms with Gasteiger partial charge in [0, 0.05) is 5.69 Å². The van der Waals surface area contributed by atoms with Crippen molar-refractivity contribution in [3.05, 3.63) is 59.7 Å². The average molecular weight is 378 g/mol. The number of benzene rings is 2. The SMILES string of the molecule is Cc1cc(NC(=O)C2(c3ccccc3)CCCCC2)ccc1OC1CCCC1. The Morgan fingerprint density at radius 1 is 0.964 bits per heavy atom. The number of hydrogen-bond donors (Lipinski definition) is 1. The molecule has 1 amide bonds. The van der Waals surface area contributed by atoms with Gasteiger partial charge in [-0.1, -0.05) is 49.6 Å². The van der Waals surface area contributed by atoms with Gasteiger partial charge in [0.25, 0.3) is 0 Å². The van der Waals surface area contributed by atoms with Gasteiger partial charge in [0.2, 0.25) is 5.91 Å². The highest BCUT2D eigenvalue weighted by atomic mass is 16.5. The second kappa shape index (κ2) is 8.38. The summed E-state index contributed by atoms with van der Waals surface area (Å²) in [5.41, 5.74) is 2.68. The van der Waals surface area contributed by atoms with E-state index in [1.165, 1.54) is 19.3 Å². The Balaban J connectivity index is 1.52. The summed E-state index contributed by atoms with van der Waals surface area (Å²) in [6.07, 6.45) is 10.4. The lowest BCUT2D eigenvalue weighted by atomic mass is 9.68. The van der Waals surface area contributed by atoms with Crippen LogP contribution in [0.25, 0.3) is 0 Å². The van der Waals surface area contributed by atoms with Gasteiger partial charge >= 0.3 is 0 Å². The normalized spacial score (nSPS) is 19.3. The molecule has 4 rings (SSSR count). The van der Waals surface area contributed by atoms with Crippen LogP contribution >= 0.6 is 0 Å². The third-order valence-corrected chi connectivity index (χ3v) is 6.50. The largest absolute Gasteiger partial charge is 0.490 e. The van der Waals surface area contributed by atoms with Crippen LogP contribution in [-0.4, -0.2) is 12.0 Å². The van der Waals surface area contributed by atoms with Gasteiger partial charge in [-0.15, -0.1) is 0 Å². The summed E-state index contributed by atoms with van der Waals surface area (Å²) < 4.78 is 6.16. The maximum absolute atomic E-state index is 13.4. The first-order valence-corrected chi connectivity index (χ1v) is 10.8. The second-order valence-corrected chi connectivity index (χ2v) is 8.47. The minimum Gasteiger partial charge on any atom is -0.490 e. The number of carbonyl (C=O) groups excluding carboxylic acids is 1. The van der Waals surface area contributed by atoms with Gasteiger partial charge in [-0.3, -0.25) is 4.79 Å². The number of hydrogen-bond acceptors (Lipinski definition) is 2. The van der Waals surface area contributed by atoms with E-state index in [0.717, 1.165) is 61.1 Å². The Kier molecular flexibility index (Phi) is 5.70. The molecular formula is C25H31NO2. The van der Waals surface area contributed by atoms with Crippen molar-refractivity contribution in [1.82, 2.24) is 0 Å². The topological polar surface area (TPSA) is 38.3 Å². The molecule has 2 aliphatic rings. The fourth-order valence-corrected chi connectivity index (χ4v) is 4.86. The predicted octanol–water partition coefficient (Wildman–Crippen LogP) is 6.16. The fraction of sp³-hybridized carbons (Fsp3) is 0.480. The molecule has 2 aliphatic carbocycles. The number of aryl methyl sites for hydroxylation is 1. The Bertz CT molecular complexity index is 803. The lowest BCUT2D eigenvalue weighted by Gasteiger charge is -2.36. The molecule has 0 heterocycles. The predicted molar refractivity (Wildman–Crippen MR) is 114 cm³/mol. The number of carbonyl (C=O) groups is 1. The Labute approximate surface area is 168 Å². The molecule has 0 saturated heterocycles. The lowest BCUT2D eigenvalue weighted by Crippen LogP contribution is -2.42. The fourth-order valence-electron chi connectivity index (χ4n) is 4.86. The second-order valence-electron chi connectivity index (χ2n) is 8.47. The van der Waals surface area contributed by atoms with Crippen molar-refractivity contribution in [2.24, 2.45) is 0 Å². The molecule has 2 aromatic carbocycles. The van der Waals surface area contributed by atoms with Crippen LogP contribution in [0.5, 0.6) is 5.75 Å². The van der Waals surface area contributed by atoms with Crippen molar-refractivity contribution in [2.75, 3.05) is 5.32 Å². The van der Waals surface area contributed by atoms with E-state index in [9.17, 15) is 4.79 Å². The molecule has 3 heteroatoms. The highest BCUT2D eigenvalue weighted by molar-refractivity contribution is 5.99. The molecule has 3 nitrogen and oxygen atoms in total. The molecule has 2 fully saturated rings. The van der Waals surface area contributed by atoms with Crippen molar-refractivity contribution in [3.8, 4) is 5.75 Å². The zero-order chi connectivity index (χ0) is 19.4. The summed E-state index contributed by atoms with van der Waals surface area (Å²) in [5.74, 6) is 1.07. The number of nitrogens with one attached hydrogen (secondary N) is 1. The van der Waals surface area contributed by atoms with E-state index in [1.807, 2.05) is 36.4 Å². The van der Waals surface area contributed by atoms with E-state index >= 15 is 0 Å². The Morgan fingerprint density at radius 2 is 1.68 bits per heavy atom. The molecule has 1 N–H and O–H groups in total. The minimum absolute atomic E-state index is 0.127. The van der Waals surface area contributed by atoms with E-state index in [2.05, 4.69) is 24.4 Å². The van der Waals surface area contributed by atoms with Crippen LogP contribution in [0, 0.1) is 6.92 Å². The third-order valence-electron chi connectivity index (χ3n) is 6.50. The van der Waals surface area contributed by atoms with Crippen LogP contribution in [-0.2, 0) is 10.2 Å². The molecular weight excluding hydrogens is 346 g/mol. The summed E-state index contributed by atoms with van der Waals surface area (Å²) in [7, 11) is 0. The molecule has 0 bridgehead atoms. The molecule has 0 radical (unpaired) electrons. The smallest absolute Gasteiger partial charge is 0.235 e. The number of anilines is 1. The van der Waals surface area contributed by atoms with Crippen LogP contribution in [0.3, 0.4) is 0 Å². The van der Waals surface area contributed by atoms with E-state index in [-0.39, 0.29) is 5.91 Å². The zero-order valence-corrected chi connectivity index (χ0v) is 16.9. The number of ether oxygens (including phenoxy) is 1. The van der Waals surface area contributed by atoms with Crippen molar-refractivity contribution in [1.29, 1.82) is 0 Å². The first-order chi connectivity index (χ1) is 13.7. The first kappa shape index (κ1) is 19.0. The van der Waals surface area contributed by atoms with Gasteiger partial charge in [0.15, 0.2) is 0 Å². The monoisotopic (exact) mass is 377 g/mol. The Hall–Kier alpha value is -2.29. The van der Waals surface area contributed by atoms with Gasteiger partial charge in [0.1, 0.15) is 5.75 Å². The summed E-state index contributed by atoms with van der Waals surface area (Å²) in [6.45, 7) is 2.06. The molecule has 2 aromatic rings. The number of rotatable bonds is 5. The van der Waals surface area contributed by atoms with Crippen LogP contribution < -0.4 is 10.1 Å². The van der Waals surface area contributed by atoms with E-state index in [4.69, 9.17) is 4.74 Å². The maximum atomic E-state index is 13.4. The highest BCUT2D eigenvalue weighted by Crippen LogP contribution is 2.40. The van der Waals surface area contributed by atoms with Gasteiger partial charge in [-0.25, -0.2) is 0 Å². The molecule has 148 valence electrons. The molecule has 0 aliphatic heterocycles. The van der Waals surface area contributed by atoms with Gasteiger partial charge in [-0.2, -0.15) is 0 Å².